The molecule has 2 rings (SSSR count). The van der Waals surface area contributed by atoms with E-state index in [0.717, 1.165) is 37.1 Å². The van der Waals surface area contributed by atoms with Crippen LogP contribution in [0.4, 0.5) is 11.4 Å². The third-order valence-electron chi connectivity index (χ3n) is 3.34. The zero-order valence-electron chi connectivity index (χ0n) is 13.4. The van der Waals surface area contributed by atoms with Crippen LogP contribution in [0.15, 0.2) is 64.8 Å². The number of carbonyl (C=O) groups is 1. The number of ether oxygens (including phenoxy) is 1. The SMILES string of the molecule is CCCCCCC(=O)Oc1ccc(N=Nc2ccccc2)cc1. The third-order valence-corrected chi connectivity index (χ3v) is 3.34. The first-order valence-electron chi connectivity index (χ1n) is 8.05. The molecule has 0 amide bonds. The van der Waals surface area contributed by atoms with Crippen molar-refractivity contribution in [1.29, 1.82) is 0 Å². The molecule has 4 nitrogen and oxygen atoms in total. The first-order chi connectivity index (χ1) is 11.3. The molecule has 23 heavy (non-hydrogen) atoms. The van der Waals surface area contributed by atoms with Gasteiger partial charge in [0.2, 0.25) is 0 Å². The predicted octanol–water partition coefficient (Wildman–Crippen LogP) is 5.98. The molecule has 0 N–H and O–H groups in total. The van der Waals surface area contributed by atoms with Crippen molar-refractivity contribution in [2.75, 3.05) is 0 Å². The van der Waals surface area contributed by atoms with E-state index in [1.165, 1.54) is 0 Å². The highest BCUT2D eigenvalue weighted by Crippen LogP contribution is 2.21. The fourth-order valence-corrected chi connectivity index (χ4v) is 2.07. The molecule has 0 saturated carbocycles. The first-order valence-corrected chi connectivity index (χ1v) is 8.05. The number of nitrogens with zero attached hydrogens (tertiary/aromatic N) is 2. The number of hydrogen-bond acceptors (Lipinski definition) is 4. The van der Waals surface area contributed by atoms with Gasteiger partial charge in [0.05, 0.1) is 11.4 Å². The number of esters is 1. The van der Waals surface area contributed by atoms with E-state index in [0.29, 0.717) is 12.2 Å². The molecule has 0 aliphatic carbocycles. The van der Waals surface area contributed by atoms with Crippen LogP contribution >= 0.6 is 0 Å². The van der Waals surface area contributed by atoms with E-state index in [4.69, 9.17) is 4.74 Å². The molecule has 2 aromatic carbocycles. The molecule has 120 valence electrons. The Bertz CT molecular complexity index is 622. The van der Waals surface area contributed by atoms with Gasteiger partial charge in [-0.3, -0.25) is 4.79 Å². The molecule has 0 unspecified atom stereocenters. The topological polar surface area (TPSA) is 51.0 Å². The van der Waals surface area contributed by atoms with Gasteiger partial charge in [0, 0.05) is 6.42 Å². The maximum absolute atomic E-state index is 11.7. The van der Waals surface area contributed by atoms with Crippen molar-refractivity contribution in [2.24, 2.45) is 10.2 Å². The Balaban J connectivity index is 1.82. The number of unbranched alkanes of at least 4 members (excludes halogenated alkanes) is 3. The van der Waals surface area contributed by atoms with Gasteiger partial charge in [-0.1, -0.05) is 44.4 Å². The zero-order chi connectivity index (χ0) is 16.3. The van der Waals surface area contributed by atoms with E-state index < -0.39 is 0 Å². The lowest BCUT2D eigenvalue weighted by atomic mass is 10.1. The van der Waals surface area contributed by atoms with Crippen LogP contribution in [0, 0.1) is 0 Å². The molecule has 0 aromatic heterocycles. The Labute approximate surface area is 137 Å². The molecule has 0 spiro atoms. The highest BCUT2D eigenvalue weighted by molar-refractivity contribution is 5.72. The fourth-order valence-electron chi connectivity index (χ4n) is 2.07. The number of azo groups is 1. The number of hydrogen-bond donors (Lipinski definition) is 0. The van der Waals surface area contributed by atoms with Gasteiger partial charge in [-0.25, -0.2) is 0 Å². The van der Waals surface area contributed by atoms with E-state index in [-0.39, 0.29) is 5.97 Å². The average Bonchev–Trinajstić information content (AvgIpc) is 2.59. The minimum atomic E-state index is -0.181. The van der Waals surface area contributed by atoms with Crippen LogP contribution in [0.1, 0.15) is 39.0 Å². The Morgan fingerprint density at radius 2 is 1.52 bits per heavy atom. The fraction of sp³-hybridized carbons (Fsp3) is 0.316. The summed E-state index contributed by atoms with van der Waals surface area (Å²) in [6.07, 6.45) is 4.75. The lowest BCUT2D eigenvalue weighted by molar-refractivity contribution is -0.134. The standard InChI is InChI=1S/C19H22N2O2/c1-2-3-4-8-11-19(22)23-18-14-12-17(13-15-18)21-20-16-9-6-5-7-10-16/h5-7,9-10,12-15H,2-4,8,11H2,1H3. The minimum absolute atomic E-state index is 0.181. The van der Waals surface area contributed by atoms with E-state index >= 15 is 0 Å². The van der Waals surface area contributed by atoms with Crippen LogP contribution in [0.25, 0.3) is 0 Å². The summed E-state index contributed by atoms with van der Waals surface area (Å²) in [5, 5.41) is 8.29. The highest BCUT2D eigenvalue weighted by atomic mass is 16.5. The second-order valence-corrected chi connectivity index (χ2v) is 5.31. The van der Waals surface area contributed by atoms with E-state index in [1.54, 1.807) is 24.3 Å². The van der Waals surface area contributed by atoms with Crippen LogP contribution in [-0.2, 0) is 4.79 Å². The van der Waals surface area contributed by atoms with Crippen molar-refractivity contribution in [2.45, 2.75) is 39.0 Å². The number of benzene rings is 2. The molecule has 2 aromatic rings. The largest absolute Gasteiger partial charge is 0.427 e. The summed E-state index contributed by atoms with van der Waals surface area (Å²) in [7, 11) is 0. The Hall–Kier alpha value is -2.49. The summed E-state index contributed by atoms with van der Waals surface area (Å²) in [4.78, 5) is 11.7. The lowest BCUT2D eigenvalue weighted by Crippen LogP contribution is -2.07. The summed E-state index contributed by atoms with van der Waals surface area (Å²) in [6.45, 7) is 2.15. The van der Waals surface area contributed by atoms with Gasteiger partial charge in [-0.05, 0) is 42.8 Å². The van der Waals surface area contributed by atoms with Crippen molar-refractivity contribution >= 4 is 17.3 Å². The zero-order valence-corrected chi connectivity index (χ0v) is 13.4. The Kier molecular flexibility index (Phi) is 6.98. The number of carbonyl (C=O) groups excluding carboxylic acids is 1. The van der Waals surface area contributed by atoms with E-state index in [1.807, 2.05) is 30.3 Å². The quantitative estimate of drug-likeness (QED) is 0.261. The summed E-state index contributed by atoms with van der Waals surface area (Å²) in [5.41, 5.74) is 1.52. The van der Waals surface area contributed by atoms with Crippen molar-refractivity contribution in [1.82, 2.24) is 0 Å². The van der Waals surface area contributed by atoms with Crippen LogP contribution in [0.2, 0.25) is 0 Å². The molecule has 0 atom stereocenters. The van der Waals surface area contributed by atoms with Gasteiger partial charge >= 0.3 is 5.97 Å². The molecule has 4 heteroatoms. The van der Waals surface area contributed by atoms with Crippen molar-refractivity contribution in [3.8, 4) is 5.75 Å². The van der Waals surface area contributed by atoms with Crippen molar-refractivity contribution in [3.05, 3.63) is 54.6 Å². The molecule has 0 radical (unpaired) electrons. The average molecular weight is 310 g/mol. The molecule has 0 fully saturated rings. The van der Waals surface area contributed by atoms with Crippen LogP contribution < -0.4 is 4.74 Å². The summed E-state index contributed by atoms with van der Waals surface area (Å²) in [6, 6.07) is 16.6. The van der Waals surface area contributed by atoms with Crippen LogP contribution in [0.3, 0.4) is 0 Å². The van der Waals surface area contributed by atoms with E-state index in [2.05, 4.69) is 17.2 Å². The third kappa shape index (κ3) is 6.43. The molecule has 0 bridgehead atoms. The molecule has 0 saturated heterocycles. The van der Waals surface area contributed by atoms with Crippen LogP contribution in [-0.4, -0.2) is 5.97 Å². The summed E-state index contributed by atoms with van der Waals surface area (Å²) in [5.74, 6) is 0.365. The van der Waals surface area contributed by atoms with Crippen molar-refractivity contribution in [3.63, 3.8) is 0 Å². The predicted molar refractivity (Wildman–Crippen MR) is 91.5 cm³/mol. The smallest absolute Gasteiger partial charge is 0.311 e. The normalized spacial score (nSPS) is 10.8. The van der Waals surface area contributed by atoms with E-state index in [9.17, 15) is 4.79 Å². The Morgan fingerprint density at radius 3 is 2.17 bits per heavy atom. The second kappa shape index (κ2) is 9.51. The molecular weight excluding hydrogens is 288 g/mol. The van der Waals surface area contributed by atoms with Gasteiger partial charge in [0.15, 0.2) is 0 Å². The van der Waals surface area contributed by atoms with Gasteiger partial charge < -0.3 is 4.74 Å². The maximum atomic E-state index is 11.7. The first kappa shape index (κ1) is 16.9. The monoisotopic (exact) mass is 310 g/mol. The Morgan fingerprint density at radius 1 is 0.870 bits per heavy atom. The summed E-state index contributed by atoms with van der Waals surface area (Å²) >= 11 is 0. The summed E-state index contributed by atoms with van der Waals surface area (Å²) < 4.78 is 5.30. The molecular formula is C19H22N2O2. The highest BCUT2D eigenvalue weighted by Gasteiger charge is 2.04. The van der Waals surface area contributed by atoms with Crippen LogP contribution in [0.5, 0.6) is 5.75 Å². The molecule has 0 aliphatic rings. The van der Waals surface area contributed by atoms with Gasteiger partial charge in [-0.2, -0.15) is 10.2 Å². The molecule has 0 heterocycles. The second-order valence-electron chi connectivity index (χ2n) is 5.31. The number of rotatable bonds is 8. The maximum Gasteiger partial charge on any atom is 0.311 e. The van der Waals surface area contributed by atoms with Gasteiger partial charge in [-0.15, -0.1) is 0 Å². The van der Waals surface area contributed by atoms with Crippen molar-refractivity contribution < 1.29 is 9.53 Å². The van der Waals surface area contributed by atoms with Gasteiger partial charge in [0.1, 0.15) is 5.75 Å². The molecule has 0 aliphatic heterocycles. The van der Waals surface area contributed by atoms with Gasteiger partial charge in [0.25, 0.3) is 0 Å². The lowest BCUT2D eigenvalue weighted by Gasteiger charge is -2.04. The minimum Gasteiger partial charge on any atom is -0.427 e.